The molecule has 0 bridgehead atoms. The zero-order chi connectivity index (χ0) is 34.8. The number of carbonyl (C=O) groups excluding carboxylic acids is 1. The summed E-state index contributed by atoms with van der Waals surface area (Å²) in [5.41, 5.74) is 3.10. The number of hydroxylamine groups is 2. The molecule has 4 aromatic rings. The van der Waals surface area contributed by atoms with Crippen LogP contribution in [0.15, 0.2) is 91.1 Å². The number of rotatable bonds is 15. The van der Waals surface area contributed by atoms with Crippen LogP contribution in [0, 0.1) is 0 Å². The lowest BCUT2D eigenvalue weighted by Gasteiger charge is -2.19. The molecule has 1 N–H and O–H groups in total. The van der Waals surface area contributed by atoms with E-state index in [0.717, 1.165) is 29.5 Å². The first-order valence-electron chi connectivity index (χ1n) is 16.2. The first-order chi connectivity index (χ1) is 23.9. The van der Waals surface area contributed by atoms with Gasteiger partial charge in [0.2, 0.25) is 5.75 Å². The second-order valence-corrected chi connectivity index (χ2v) is 11.5. The second-order valence-electron chi connectivity index (χ2n) is 11.5. The number of para-hydroxylation sites is 1. The predicted molar refractivity (Wildman–Crippen MR) is 185 cm³/mol. The van der Waals surface area contributed by atoms with E-state index in [9.17, 15) is 10.0 Å². The lowest BCUT2D eigenvalue weighted by molar-refractivity contribution is -0.0204. The van der Waals surface area contributed by atoms with Gasteiger partial charge in [0.15, 0.2) is 23.0 Å². The molecule has 2 atom stereocenters. The van der Waals surface area contributed by atoms with E-state index in [-0.39, 0.29) is 17.6 Å². The minimum atomic E-state index is -0.593. The molecule has 0 aliphatic carbocycles. The molecule has 1 aliphatic heterocycles. The van der Waals surface area contributed by atoms with E-state index < -0.39 is 5.91 Å². The Labute approximate surface area is 287 Å². The summed E-state index contributed by atoms with van der Waals surface area (Å²) in [4.78, 5) is 13.1. The van der Waals surface area contributed by atoms with Gasteiger partial charge in [-0.05, 0) is 78.9 Å². The van der Waals surface area contributed by atoms with Gasteiger partial charge in [-0.25, -0.2) is 0 Å². The van der Waals surface area contributed by atoms with Crippen molar-refractivity contribution in [2.75, 3.05) is 41.7 Å². The Balaban J connectivity index is 1.33. The van der Waals surface area contributed by atoms with Crippen LogP contribution in [-0.4, -0.2) is 57.8 Å². The van der Waals surface area contributed by atoms with Gasteiger partial charge in [0.25, 0.3) is 5.91 Å². The van der Waals surface area contributed by atoms with Crippen LogP contribution >= 0.6 is 0 Å². The van der Waals surface area contributed by atoms with Gasteiger partial charge >= 0.3 is 0 Å². The summed E-state index contributed by atoms with van der Waals surface area (Å²) in [5.74, 6) is 3.52. The van der Waals surface area contributed by atoms with Gasteiger partial charge in [-0.1, -0.05) is 43.3 Å². The molecular formula is C39H43NO9. The fraction of sp³-hybridized carbons (Fsp3) is 0.308. The smallest absolute Gasteiger partial charge is 0.281 e. The average molecular weight is 670 g/mol. The van der Waals surface area contributed by atoms with Gasteiger partial charge in [0.1, 0.15) is 11.5 Å². The fourth-order valence-electron chi connectivity index (χ4n) is 5.77. The molecule has 4 aromatic carbocycles. The molecule has 1 fully saturated rings. The lowest BCUT2D eigenvalue weighted by atomic mass is 9.91. The highest BCUT2D eigenvalue weighted by Gasteiger charge is 2.31. The van der Waals surface area contributed by atoms with E-state index in [4.69, 9.17) is 33.2 Å². The number of hydrogen-bond acceptors (Lipinski definition) is 9. The van der Waals surface area contributed by atoms with Gasteiger partial charge in [0.05, 0.1) is 47.8 Å². The maximum Gasteiger partial charge on any atom is 0.281 e. The van der Waals surface area contributed by atoms with Gasteiger partial charge in [-0.2, -0.15) is 5.06 Å². The highest BCUT2D eigenvalue weighted by Crippen LogP contribution is 2.46. The number of carbonyl (C=O) groups is 1. The second kappa shape index (κ2) is 16.8. The fourth-order valence-corrected chi connectivity index (χ4v) is 5.77. The summed E-state index contributed by atoms with van der Waals surface area (Å²) in [6.45, 7) is 3.05. The first-order valence-corrected chi connectivity index (χ1v) is 16.2. The Hall–Kier alpha value is -5.19. The van der Waals surface area contributed by atoms with Gasteiger partial charge in [0, 0.05) is 23.2 Å². The molecule has 2 unspecified atom stereocenters. The quantitative estimate of drug-likeness (QED) is 0.0992. The third-order valence-corrected chi connectivity index (χ3v) is 8.20. The maximum absolute atomic E-state index is 13.1. The SMILES string of the molecule is CCCOc1c(C/C=C/N(O)C(=O)c2cccc(Oc3ccccc3)c2)cc(C2COC(c3cc(OC)c(OC)c(OC)c3)C2)cc1OC. The van der Waals surface area contributed by atoms with Crippen LogP contribution < -0.4 is 28.4 Å². The summed E-state index contributed by atoms with van der Waals surface area (Å²) in [7, 11) is 6.38. The standard InChI is InChI=1S/C39H43NO9/c1-6-18-47-37-26(13-11-17-40(42)39(41)27-12-10-16-32(20-27)49-31-14-8-7-9-15-31)19-28(21-34(37)43-2)30-24-33(48-25-30)29-22-35(44-3)38(46-5)36(23-29)45-4/h7-12,14-17,19-23,30,33,42H,6,13,18,24-25H2,1-5H3/b17-11+. The van der Waals surface area contributed by atoms with Crippen molar-refractivity contribution in [3.63, 3.8) is 0 Å². The minimum Gasteiger partial charge on any atom is -0.493 e. The Morgan fingerprint density at radius 2 is 1.51 bits per heavy atom. The zero-order valence-electron chi connectivity index (χ0n) is 28.5. The molecule has 5 rings (SSSR count). The number of hydrogen-bond donors (Lipinski definition) is 1. The molecule has 49 heavy (non-hydrogen) atoms. The van der Waals surface area contributed by atoms with Crippen LogP contribution in [0.1, 0.15) is 58.8 Å². The highest BCUT2D eigenvalue weighted by molar-refractivity contribution is 5.94. The van der Waals surface area contributed by atoms with Gasteiger partial charge in [-0.15, -0.1) is 0 Å². The van der Waals surface area contributed by atoms with Crippen LogP contribution in [0.5, 0.6) is 40.2 Å². The topological polar surface area (TPSA) is 105 Å². The Morgan fingerprint density at radius 1 is 0.837 bits per heavy atom. The number of methoxy groups -OCH3 is 4. The van der Waals surface area contributed by atoms with Crippen LogP contribution in [0.25, 0.3) is 0 Å². The van der Waals surface area contributed by atoms with E-state index in [0.29, 0.717) is 64.9 Å². The Morgan fingerprint density at radius 3 is 2.18 bits per heavy atom. The molecule has 0 saturated carbocycles. The van der Waals surface area contributed by atoms with Gasteiger partial charge < -0.3 is 33.2 Å². The summed E-state index contributed by atoms with van der Waals surface area (Å²) in [6, 6.07) is 23.9. The zero-order valence-corrected chi connectivity index (χ0v) is 28.5. The van der Waals surface area contributed by atoms with E-state index in [1.54, 1.807) is 58.8 Å². The largest absolute Gasteiger partial charge is 0.493 e. The van der Waals surface area contributed by atoms with Gasteiger partial charge in [-0.3, -0.25) is 10.0 Å². The minimum absolute atomic E-state index is 0.0715. The van der Waals surface area contributed by atoms with E-state index in [2.05, 4.69) is 6.07 Å². The van der Waals surface area contributed by atoms with Crippen molar-refractivity contribution in [2.45, 2.75) is 38.2 Å². The van der Waals surface area contributed by atoms with E-state index in [1.165, 1.54) is 6.20 Å². The first kappa shape index (κ1) is 35.1. The van der Waals surface area contributed by atoms with Crippen LogP contribution in [0.4, 0.5) is 0 Å². The van der Waals surface area contributed by atoms with Crippen molar-refractivity contribution in [3.05, 3.63) is 113 Å². The Kier molecular flexibility index (Phi) is 12.0. The third-order valence-electron chi connectivity index (χ3n) is 8.20. The van der Waals surface area contributed by atoms with Crippen LogP contribution in [0.3, 0.4) is 0 Å². The molecule has 258 valence electrons. The molecule has 1 amide bonds. The Bertz CT molecular complexity index is 1720. The molecule has 1 aliphatic rings. The number of ether oxygens (including phenoxy) is 7. The third kappa shape index (κ3) is 8.46. The predicted octanol–water partition coefficient (Wildman–Crippen LogP) is 8.14. The average Bonchev–Trinajstić information content (AvgIpc) is 3.64. The molecule has 0 radical (unpaired) electrons. The van der Waals surface area contributed by atoms with Crippen molar-refractivity contribution in [2.24, 2.45) is 0 Å². The summed E-state index contributed by atoms with van der Waals surface area (Å²) >= 11 is 0. The lowest BCUT2D eigenvalue weighted by Crippen LogP contribution is -2.21. The number of amides is 1. The monoisotopic (exact) mass is 669 g/mol. The molecule has 10 nitrogen and oxygen atoms in total. The summed E-state index contributed by atoms with van der Waals surface area (Å²) in [6.07, 6.45) is 4.78. The van der Waals surface area contributed by atoms with Crippen LogP contribution in [0.2, 0.25) is 0 Å². The molecule has 0 spiro atoms. The maximum atomic E-state index is 13.1. The molecular weight excluding hydrogens is 626 g/mol. The van der Waals surface area contributed by atoms with Crippen molar-refractivity contribution in [1.29, 1.82) is 0 Å². The molecule has 1 heterocycles. The number of benzene rings is 4. The summed E-state index contributed by atoms with van der Waals surface area (Å²) in [5, 5.41) is 11.2. The highest BCUT2D eigenvalue weighted by atomic mass is 16.5. The van der Waals surface area contributed by atoms with Crippen molar-refractivity contribution in [1.82, 2.24) is 5.06 Å². The van der Waals surface area contributed by atoms with E-state index in [1.807, 2.05) is 55.5 Å². The van der Waals surface area contributed by atoms with Crippen molar-refractivity contribution < 1.29 is 43.2 Å². The number of allylic oxidation sites excluding steroid dienone is 1. The summed E-state index contributed by atoms with van der Waals surface area (Å²) < 4.78 is 40.7. The van der Waals surface area contributed by atoms with Crippen LogP contribution in [-0.2, 0) is 11.2 Å². The van der Waals surface area contributed by atoms with Crippen molar-refractivity contribution in [3.8, 4) is 40.2 Å². The number of nitrogens with zero attached hydrogens (tertiary/aromatic N) is 1. The van der Waals surface area contributed by atoms with E-state index >= 15 is 0 Å². The van der Waals surface area contributed by atoms with Crippen molar-refractivity contribution >= 4 is 5.91 Å². The molecule has 1 saturated heterocycles. The molecule has 0 aromatic heterocycles. The normalized spacial score (nSPS) is 15.6. The molecule has 10 heteroatoms.